The fourth-order valence-corrected chi connectivity index (χ4v) is 1.67. The van der Waals surface area contributed by atoms with Crippen molar-refractivity contribution >= 4 is 17.5 Å². The Hall–Kier alpha value is -2.69. The Bertz CT molecular complexity index is 656. The summed E-state index contributed by atoms with van der Waals surface area (Å²) in [5, 5.41) is 8.69. The molecule has 0 atom stereocenters. The number of fused-ring (bicyclic) bond motifs is 1. The van der Waals surface area contributed by atoms with Gasteiger partial charge in [-0.15, -0.1) is 10.2 Å². The Morgan fingerprint density at radius 1 is 0.944 bits per heavy atom. The molecule has 0 unspecified atom stereocenters. The second kappa shape index (κ2) is 4.29. The number of carbonyl (C=O) groups excluding carboxylic acids is 1. The summed E-state index contributed by atoms with van der Waals surface area (Å²) in [6, 6.07) is 14.5. The first-order chi connectivity index (χ1) is 8.86. The normalized spacial score (nSPS) is 10.4. The molecular formula is C13H8N3O2. The monoisotopic (exact) mass is 238 g/mol. The standard InChI is InChI=1S/C13H8N3O2/c17-9-18-11-7-5-10(6-8-11)16-14-12-3-1-2-4-13(12)15-16/h1-8H. The molecule has 0 saturated heterocycles. The molecule has 5 nitrogen and oxygen atoms in total. The van der Waals surface area contributed by atoms with Crippen molar-refractivity contribution < 1.29 is 9.53 Å². The van der Waals surface area contributed by atoms with Gasteiger partial charge in [0, 0.05) is 0 Å². The molecule has 0 aliphatic heterocycles. The lowest BCUT2D eigenvalue weighted by Gasteiger charge is -2.00. The molecule has 0 spiro atoms. The van der Waals surface area contributed by atoms with Crippen LogP contribution in [0.5, 0.6) is 5.75 Å². The molecule has 0 aliphatic rings. The van der Waals surface area contributed by atoms with Crippen LogP contribution in [0.3, 0.4) is 0 Å². The molecule has 0 saturated carbocycles. The topological polar surface area (TPSA) is 57.0 Å². The number of hydrogen-bond donors (Lipinski definition) is 0. The van der Waals surface area contributed by atoms with Crippen molar-refractivity contribution in [2.75, 3.05) is 0 Å². The Kier molecular flexibility index (Phi) is 2.49. The zero-order chi connectivity index (χ0) is 12.4. The van der Waals surface area contributed by atoms with E-state index in [0.717, 1.165) is 16.7 Å². The summed E-state index contributed by atoms with van der Waals surface area (Å²) in [5.41, 5.74) is 2.46. The largest absolute Gasteiger partial charge is 0.423 e. The van der Waals surface area contributed by atoms with Gasteiger partial charge in [0.05, 0.1) is 5.69 Å². The molecule has 87 valence electrons. The molecule has 1 radical (unpaired) electrons. The van der Waals surface area contributed by atoms with Gasteiger partial charge >= 0.3 is 6.47 Å². The van der Waals surface area contributed by atoms with Gasteiger partial charge < -0.3 is 4.74 Å². The summed E-state index contributed by atoms with van der Waals surface area (Å²) < 4.78 is 4.60. The van der Waals surface area contributed by atoms with Crippen molar-refractivity contribution in [3.8, 4) is 11.4 Å². The zero-order valence-electron chi connectivity index (χ0n) is 9.28. The molecule has 1 aromatic heterocycles. The highest BCUT2D eigenvalue weighted by atomic mass is 16.5. The van der Waals surface area contributed by atoms with E-state index in [0.29, 0.717) is 5.75 Å². The predicted octanol–water partition coefficient (Wildman–Crippen LogP) is 1.87. The van der Waals surface area contributed by atoms with Crippen molar-refractivity contribution in [1.29, 1.82) is 0 Å². The summed E-state index contributed by atoms with van der Waals surface area (Å²) in [7, 11) is 0. The molecule has 0 fully saturated rings. The first kappa shape index (κ1) is 10.5. The van der Waals surface area contributed by atoms with E-state index in [2.05, 4.69) is 14.9 Å². The highest BCUT2D eigenvalue weighted by Gasteiger charge is 2.03. The van der Waals surface area contributed by atoms with Crippen LogP contribution in [0.1, 0.15) is 0 Å². The summed E-state index contributed by atoms with van der Waals surface area (Å²) in [6.45, 7) is 1.38. The maximum absolute atomic E-state index is 10.1. The number of aromatic nitrogens is 3. The lowest BCUT2D eigenvalue weighted by atomic mass is 10.3. The van der Waals surface area contributed by atoms with Crippen molar-refractivity contribution in [1.82, 2.24) is 15.0 Å². The fraction of sp³-hybridized carbons (Fsp3) is 0. The average molecular weight is 238 g/mol. The van der Waals surface area contributed by atoms with E-state index >= 15 is 0 Å². The van der Waals surface area contributed by atoms with Gasteiger partial charge in [0.25, 0.3) is 0 Å². The van der Waals surface area contributed by atoms with Gasteiger partial charge in [-0.25, -0.2) is 4.79 Å². The molecule has 0 bridgehead atoms. The summed E-state index contributed by atoms with van der Waals surface area (Å²) in [5.74, 6) is 0.436. The minimum absolute atomic E-state index is 0.436. The van der Waals surface area contributed by atoms with Gasteiger partial charge in [0.15, 0.2) is 0 Å². The molecule has 5 heteroatoms. The van der Waals surface area contributed by atoms with Crippen LogP contribution in [0.15, 0.2) is 48.5 Å². The highest BCUT2D eigenvalue weighted by molar-refractivity contribution is 5.73. The van der Waals surface area contributed by atoms with E-state index < -0.39 is 0 Å². The maximum atomic E-state index is 10.1. The third-order valence-corrected chi connectivity index (χ3v) is 2.51. The van der Waals surface area contributed by atoms with Crippen LogP contribution in [0.25, 0.3) is 16.7 Å². The number of rotatable bonds is 3. The van der Waals surface area contributed by atoms with E-state index in [1.54, 1.807) is 29.1 Å². The van der Waals surface area contributed by atoms with Crippen molar-refractivity contribution in [3.63, 3.8) is 0 Å². The SMILES string of the molecule is O=[C]Oc1ccc(-n2nc3ccccc3n2)cc1. The number of benzene rings is 2. The second-order valence-electron chi connectivity index (χ2n) is 3.66. The predicted molar refractivity (Wildman–Crippen MR) is 65.2 cm³/mol. The van der Waals surface area contributed by atoms with Crippen LogP contribution in [-0.2, 0) is 4.79 Å². The third-order valence-electron chi connectivity index (χ3n) is 2.51. The highest BCUT2D eigenvalue weighted by Crippen LogP contribution is 2.15. The van der Waals surface area contributed by atoms with Crippen LogP contribution >= 0.6 is 0 Å². The molecule has 18 heavy (non-hydrogen) atoms. The molecule has 3 rings (SSSR count). The van der Waals surface area contributed by atoms with E-state index in [-0.39, 0.29) is 0 Å². The summed E-state index contributed by atoms with van der Waals surface area (Å²) >= 11 is 0. The van der Waals surface area contributed by atoms with Crippen LogP contribution in [-0.4, -0.2) is 21.5 Å². The minimum atomic E-state index is 0.436. The first-order valence-electron chi connectivity index (χ1n) is 5.33. The van der Waals surface area contributed by atoms with Crippen LogP contribution in [0.2, 0.25) is 0 Å². The van der Waals surface area contributed by atoms with Gasteiger partial charge in [-0.1, -0.05) is 12.1 Å². The van der Waals surface area contributed by atoms with E-state index in [1.165, 1.54) is 6.47 Å². The van der Waals surface area contributed by atoms with Crippen LogP contribution in [0, 0.1) is 0 Å². The van der Waals surface area contributed by atoms with E-state index in [4.69, 9.17) is 0 Å². The van der Waals surface area contributed by atoms with Crippen molar-refractivity contribution in [2.45, 2.75) is 0 Å². The fourth-order valence-electron chi connectivity index (χ4n) is 1.67. The van der Waals surface area contributed by atoms with Crippen LogP contribution < -0.4 is 4.74 Å². The molecular weight excluding hydrogens is 230 g/mol. The quantitative estimate of drug-likeness (QED) is 0.699. The summed E-state index contributed by atoms with van der Waals surface area (Å²) in [4.78, 5) is 11.6. The van der Waals surface area contributed by atoms with Gasteiger partial charge in [-0.2, -0.15) is 4.80 Å². The van der Waals surface area contributed by atoms with Gasteiger partial charge in [0.1, 0.15) is 16.8 Å². The molecule has 2 aromatic carbocycles. The van der Waals surface area contributed by atoms with Gasteiger partial charge in [-0.3, -0.25) is 0 Å². The zero-order valence-corrected chi connectivity index (χ0v) is 9.28. The van der Waals surface area contributed by atoms with Crippen LogP contribution in [0.4, 0.5) is 0 Å². The van der Waals surface area contributed by atoms with E-state index in [1.807, 2.05) is 24.3 Å². The van der Waals surface area contributed by atoms with Crippen molar-refractivity contribution in [3.05, 3.63) is 48.5 Å². The maximum Gasteiger partial charge on any atom is 0.423 e. The average Bonchev–Trinajstić information content (AvgIpc) is 2.84. The Morgan fingerprint density at radius 3 is 2.11 bits per heavy atom. The van der Waals surface area contributed by atoms with Gasteiger partial charge in [0.2, 0.25) is 0 Å². The van der Waals surface area contributed by atoms with Gasteiger partial charge in [-0.05, 0) is 36.4 Å². The lowest BCUT2D eigenvalue weighted by molar-refractivity contribution is 0.442. The third kappa shape index (κ3) is 1.82. The Morgan fingerprint density at radius 2 is 1.56 bits per heavy atom. The van der Waals surface area contributed by atoms with E-state index in [9.17, 15) is 4.79 Å². The first-order valence-corrected chi connectivity index (χ1v) is 5.33. The molecule has 0 aliphatic carbocycles. The Labute approximate surface area is 103 Å². The molecule has 1 heterocycles. The second-order valence-corrected chi connectivity index (χ2v) is 3.66. The number of ether oxygens (including phenoxy) is 1. The summed E-state index contributed by atoms with van der Waals surface area (Å²) in [6.07, 6.45) is 0. The molecule has 0 amide bonds. The molecule has 0 N–H and O–H groups in total. The Balaban J connectivity index is 2.00. The van der Waals surface area contributed by atoms with Crippen molar-refractivity contribution in [2.24, 2.45) is 0 Å². The number of hydrogen-bond acceptors (Lipinski definition) is 4. The minimum Gasteiger partial charge on any atom is -0.418 e. The lowest BCUT2D eigenvalue weighted by Crippen LogP contribution is -1.98. The smallest absolute Gasteiger partial charge is 0.418 e. The molecule has 3 aromatic rings. The number of nitrogens with zero attached hydrogens (tertiary/aromatic N) is 3.